The van der Waals surface area contributed by atoms with Crippen LogP contribution in [0, 0.1) is 18.8 Å². The molecule has 1 unspecified atom stereocenters. The molecule has 3 rings (SSSR count). The summed E-state index contributed by atoms with van der Waals surface area (Å²) in [6.07, 6.45) is 5.75. The molecule has 0 aliphatic carbocycles. The first-order valence-electron chi connectivity index (χ1n) is 10.9. The van der Waals surface area contributed by atoms with Gasteiger partial charge >= 0.3 is 0 Å². The third kappa shape index (κ3) is 5.81. The summed E-state index contributed by atoms with van der Waals surface area (Å²) < 4.78 is 13.8. The Labute approximate surface area is 182 Å². The van der Waals surface area contributed by atoms with Crippen molar-refractivity contribution in [2.75, 3.05) is 13.2 Å². The van der Waals surface area contributed by atoms with E-state index in [1.54, 1.807) is 0 Å². The van der Waals surface area contributed by atoms with E-state index in [0.717, 1.165) is 48.4 Å². The third-order valence-corrected chi connectivity index (χ3v) is 10.7. The van der Waals surface area contributed by atoms with Gasteiger partial charge in [-0.05, 0) is 62.0 Å². The van der Waals surface area contributed by atoms with Gasteiger partial charge in [0.1, 0.15) is 5.69 Å². The van der Waals surface area contributed by atoms with E-state index >= 15 is 0 Å². The second-order valence-corrected chi connectivity index (χ2v) is 14.5. The Hall–Kier alpha value is -1.94. The molecular formula is C24H35N3O2Si. The molecule has 1 fully saturated rings. The molecule has 30 heavy (non-hydrogen) atoms. The lowest BCUT2D eigenvalue weighted by Gasteiger charge is -2.35. The molecule has 6 heteroatoms. The van der Waals surface area contributed by atoms with E-state index in [9.17, 15) is 0 Å². The van der Waals surface area contributed by atoms with Crippen molar-refractivity contribution < 1.29 is 9.16 Å². The molecule has 1 aromatic carbocycles. The first kappa shape index (κ1) is 22.7. The van der Waals surface area contributed by atoms with Crippen molar-refractivity contribution in [3.05, 3.63) is 35.5 Å². The monoisotopic (exact) mass is 425 g/mol. The standard InChI is InChI=1S/C24H35N3O2Si/c1-19-16-20(10-9-15-29-30(5,6)24(2,3)4)12-13-22(19)23-18-27(26-25-23)17-21-11-7-8-14-28-21/h12-13,16,18,21H,7-8,11,14-15,17H2,1-6H3. The van der Waals surface area contributed by atoms with Crippen molar-refractivity contribution in [3.63, 3.8) is 0 Å². The molecule has 1 saturated heterocycles. The van der Waals surface area contributed by atoms with Crippen LogP contribution >= 0.6 is 0 Å². The zero-order valence-electron chi connectivity index (χ0n) is 19.3. The summed E-state index contributed by atoms with van der Waals surface area (Å²) in [4.78, 5) is 0. The van der Waals surface area contributed by atoms with Gasteiger partial charge in [-0.2, -0.15) is 0 Å². The second kappa shape index (κ2) is 9.46. The maximum absolute atomic E-state index is 6.14. The van der Waals surface area contributed by atoms with Gasteiger partial charge < -0.3 is 9.16 Å². The van der Waals surface area contributed by atoms with E-state index < -0.39 is 8.32 Å². The summed E-state index contributed by atoms with van der Waals surface area (Å²) in [5.41, 5.74) is 4.13. The van der Waals surface area contributed by atoms with Crippen LogP contribution in [0.5, 0.6) is 0 Å². The molecule has 1 aliphatic rings. The van der Waals surface area contributed by atoms with E-state index in [2.05, 4.69) is 75.1 Å². The smallest absolute Gasteiger partial charge is 0.193 e. The van der Waals surface area contributed by atoms with Crippen LogP contribution in [0.3, 0.4) is 0 Å². The topological polar surface area (TPSA) is 49.2 Å². The largest absolute Gasteiger partial charge is 0.406 e. The summed E-state index contributed by atoms with van der Waals surface area (Å²) in [6.45, 7) is 15.4. The molecule has 0 radical (unpaired) electrons. The average molecular weight is 426 g/mol. The zero-order chi connectivity index (χ0) is 21.8. The minimum Gasteiger partial charge on any atom is -0.406 e. The number of hydrogen-bond donors (Lipinski definition) is 0. The summed E-state index contributed by atoms with van der Waals surface area (Å²) in [7, 11) is -1.75. The van der Waals surface area contributed by atoms with E-state index in [1.165, 1.54) is 6.42 Å². The molecule has 1 aliphatic heterocycles. The summed E-state index contributed by atoms with van der Waals surface area (Å²) >= 11 is 0. The Bertz CT molecular complexity index is 913. The van der Waals surface area contributed by atoms with Crippen LogP contribution in [0.15, 0.2) is 24.4 Å². The highest BCUT2D eigenvalue weighted by Crippen LogP contribution is 2.36. The molecule has 0 amide bonds. The summed E-state index contributed by atoms with van der Waals surface area (Å²) in [6, 6.07) is 6.24. The third-order valence-electron chi connectivity index (χ3n) is 6.25. The number of nitrogens with zero attached hydrogens (tertiary/aromatic N) is 3. The minimum atomic E-state index is -1.75. The normalized spacial score (nSPS) is 17.5. The number of ether oxygens (including phenoxy) is 1. The van der Waals surface area contributed by atoms with Crippen molar-refractivity contribution in [3.8, 4) is 23.1 Å². The molecule has 162 valence electrons. The van der Waals surface area contributed by atoms with Crippen molar-refractivity contribution in [2.24, 2.45) is 0 Å². The fourth-order valence-corrected chi connectivity index (χ4v) is 4.14. The number of benzene rings is 1. The van der Waals surface area contributed by atoms with Gasteiger partial charge in [0.15, 0.2) is 8.32 Å². The molecular weight excluding hydrogens is 390 g/mol. The van der Waals surface area contributed by atoms with Crippen molar-refractivity contribution in [1.82, 2.24) is 15.0 Å². The molecule has 1 atom stereocenters. The van der Waals surface area contributed by atoms with E-state index in [4.69, 9.17) is 9.16 Å². The lowest BCUT2D eigenvalue weighted by atomic mass is 10.0. The highest BCUT2D eigenvalue weighted by molar-refractivity contribution is 6.74. The maximum atomic E-state index is 6.14. The molecule has 0 bridgehead atoms. The van der Waals surface area contributed by atoms with Crippen LogP contribution in [0.4, 0.5) is 0 Å². The van der Waals surface area contributed by atoms with Crippen LogP contribution in [0.1, 0.15) is 51.2 Å². The fourth-order valence-electron chi connectivity index (χ4n) is 3.27. The zero-order valence-corrected chi connectivity index (χ0v) is 20.3. The number of hydrogen-bond acceptors (Lipinski definition) is 4. The van der Waals surface area contributed by atoms with E-state index in [1.807, 2.05) is 16.9 Å². The number of aryl methyl sites for hydroxylation is 1. The Morgan fingerprint density at radius 2 is 2.07 bits per heavy atom. The quantitative estimate of drug-likeness (QED) is 0.488. The van der Waals surface area contributed by atoms with E-state index in [0.29, 0.717) is 6.61 Å². The molecule has 5 nitrogen and oxygen atoms in total. The lowest BCUT2D eigenvalue weighted by Crippen LogP contribution is -2.40. The van der Waals surface area contributed by atoms with Gasteiger partial charge in [0.25, 0.3) is 0 Å². The maximum Gasteiger partial charge on any atom is 0.193 e. The molecule has 0 spiro atoms. The Morgan fingerprint density at radius 3 is 2.73 bits per heavy atom. The van der Waals surface area contributed by atoms with Crippen LogP contribution in [-0.4, -0.2) is 42.6 Å². The minimum absolute atomic E-state index is 0.202. The van der Waals surface area contributed by atoms with Gasteiger partial charge in [0.2, 0.25) is 0 Å². The summed E-state index contributed by atoms with van der Waals surface area (Å²) in [5.74, 6) is 6.42. The Balaban J connectivity index is 1.62. The lowest BCUT2D eigenvalue weighted by molar-refractivity contribution is 0.00370. The Morgan fingerprint density at radius 1 is 1.27 bits per heavy atom. The van der Waals surface area contributed by atoms with Gasteiger partial charge in [-0.15, -0.1) is 5.10 Å². The van der Waals surface area contributed by atoms with Crippen LogP contribution in [0.25, 0.3) is 11.3 Å². The fraction of sp³-hybridized carbons (Fsp3) is 0.583. The summed E-state index contributed by atoms with van der Waals surface area (Å²) in [5, 5.41) is 8.88. The predicted molar refractivity (Wildman–Crippen MR) is 124 cm³/mol. The molecule has 1 aromatic heterocycles. The molecule has 0 N–H and O–H groups in total. The van der Waals surface area contributed by atoms with Gasteiger partial charge in [0, 0.05) is 17.7 Å². The van der Waals surface area contributed by atoms with Gasteiger partial charge in [0.05, 0.1) is 25.5 Å². The second-order valence-electron chi connectivity index (χ2n) is 9.69. The van der Waals surface area contributed by atoms with Gasteiger partial charge in [-0.25, -0.2) is 4.68 Å². The molecule has 2 heterocycles. The van der Waals surface area contributed by atoms with Crippen LogP contribution < -0.4 is 0 Å². The number of aromatic nitrogens is 3. The Kier molecular flexibility index (Phi) is 7.17. The predicted octanol–water partition coefficient (Wildman–Crippen LogP) is 5.20. The van der Waals surface area contributed by atoms with Crippen molar-refractivity contribution in [1.29, 1.82) is 0 Å². The molecule has 2 aromatic rings. The van der Waals surface area contributed by atoms with Crippen LogP contribution in [-0.2, 0) is 15.7 Å². The van der Waals surface area contributed by atoms with E-state index in [-0.39, 0.29) is 11.1 Å². The first-order chi connectivity index (χ1) is 14.2. The van der Waals surface area contributed by atoms with Crippen molar-refractivity contribution >= 4 is 8.32 Å². The van der Waals surface area contributed by atoms with Gasteiger partial charge in [-0.3, -0.25) is 0 Å². The van der Waals surface area contributed by atoms with Crippen molar-refractivity contribution in [2.45, 2.75) is 77.7 Å². The van der Waals surface area contributed by atoms with Crippen LogP contribution in [0.2, 0.25) is 18.1 Å². The SMILES string of the molecule is Cc1cc(C#CCO[Si](C)(C)C(C)(C)C)ccc1-c1cn(CC2CCCCO2)nn1. The molecule has 0 saturated carbocycles. The first-order valence-corrected chi connectivity index (χ1v) is 13.8. The van der Waals surface area contributed by atoms with Gasteiger partial charge in [-0.1, -0.05) is 43.9 Å². The average Bonchev–Trinajstić information content (AvgIpc) is 3.13. The highest BCUT2D eigenvalue weighted by atomic mass is 28.4. The highest BCUT2D eigenvalue weighted by Gasteiger charge is 2.36. The number of rotatable bonds is 5.